The molecule has 9 heteroatoms. The van der Waals surface area contributed by atoms with Crippen molar-refractivity contribution in [2.75, 3.05) is 26.3 Å². The van der Waals surface area contributed by atoms with Crippen LogP contribution in [0.15, 0.2) is 18.3 Å². The van der Waals surface area contributed by atoms with Gasteiger partial charge in [-0.05, 0) is 43.2 Å². The summed E-state index contributed by atoms with van der Waals surface area (Å²) in [5.41, 5.74) is 3.87. The Kier molecular flexibility index (Phi) is 7.49. The number of carbonyl (C=O) groups is 1. The Morgan fingerprint density at radius 2 is 1.84 bits per heavy atom. The smallest absolute Gasteiger partial charge is 0.266 e. The van der Waals surface area contributed by atoms with Crippen LogP contribution in [-0.4, -0.2) is 59.9 Å². The summed E-state index contributed by atoms with van der Waals surface area (Å²) < 4.78 is 31.9. The van der Waals surface area contributed by atoms with Crippen molar-refractivity contribution >= 4 is 15.9 Å². The first-order valence-corrected chi connectivity index (χ1v) is 13.4. The van der Waals surface area contributed by atoms with E-state index in [1.165, 1.54) is 42.0 Å². The Hall–Kier alpha value is -1.55. The second-order valence-corrected chi connectivity index (χ2v) is 11.8. The van der Waals surface area contributed by atoms with E-state index >= 15 is 0 Å². The largest absolute Gasteiger partial charge is 0.381 e. The van der Waals surface area contributed by atoms with Crippen molar-refractivity contribution in [2.24, 2.45) is 5.92 Å². The summed E-state index contributed by atoms with van der Waals surface area (Å²) in [6.07, 6.45) is 11.2. The molecule has 0 bridgehead atoms. The molecule has 1 amide bonds. The first kappa shape index (κ1) is 23.6. The molecular formula is C23H35N3O5S. The molecule has 2 saturated heterocycles. The van der Waals surface area contributed by atoms with Crippen molar-refractivity contribution in [2.45, 2.75) is 74.9 Å². The van der Waals surface area contributed by atoms with Gasteiger partial charge in [0.05, 0.1) is 0 Å². The van der Waals surface area contributed by atoms with E-state index in [9.17, 15) is 18.4 Å². The molecule has 8 nitrogen and oxygen atoms in total. The molecule has 0 atom stereocenters. The quantitative estimate of drug-likeness (QED) is 0.473. The van der Waals surface area contributed by atoms with E-state index in [-0.39, 0.29) is 32.0 Å². The summed E-state index contributed by atoms with van der Waals surface area (Å²) in [7, 11) is -3.93. The van der Waals surface area contributed by atoms with Crippen LogP contribution in [0.4, 0.5) is 0 Å². The molecular weight excluding hydrogens is 430 g/mol. The number of hydroxylamine groups is 1. The number of rotatable bonds is 7. The average Bonchev–Trinajstić information content (AvgIpc) is 3.37. The fourth-order valence-electron chi connectivity index (χ4n) is 5.54. The van der Waals surface area contributed by atoms with Gasteiger partial charge in [-0.3, -0.25) is 15.0 Å². The predicted molar refractivity (Wildman–Crippen MR) is 120 cm³/mol. The number of carbonyl (C=O) groups excluding carboxylic acids is 1. The zero-order valence-electron chi connectivity index (χ0n) is 18.7. The van der Waals surface area contributed by atoms with Crippen LogP contribution in [0.1, 0.15) is 75.0 Å². The van der Waals surface area contributed by atoms with E-state index in [1.54, 1.807) is 5.48 Å². The molecule has 1 saturated carbocycles. The van der Waals surface area contributed by atoms with E-state index in [1.807, 2.05) is 6.20 Å². The molecule has 0 spiro atoms. The number of nitrogens with one attached hydrogen (secondary N) is 1. The van der Waals surface area contributed by atoms with E-state index < -0.39 is 20.7 Å². The fourth-order valence-corrected chi connectivity index (χ4v) is 7.69. The van der Waals surface area contributed by atoms with Gasteiger partial charge < -0.3 is 4.74 Å². The number of hydrogen-bond donors (Lipinski definition) is 2. The van der Waals surface area contributed by atoms with Crippen molar-refractivity contribution in [3.8, 4) is 0 Å². The average molecular weight is 466 g/mol. The van der Waals surface area contributed by atoms with Gasteiger partial charge in [0.15, 0.2) is 4.75 Å². The minimum Gasteiger partial charge on any atom is -0.381 e. The van der Waals surface area contributed by atoms with Gasteiger partial charge in [-0.25, -0.2) is 18.2 Å². The third-order valence-corrected chi connectivity index (χ3v) is 10.3. The molecule has 178 valence electrons. The number of sulfonamides is 1. The van der Waals surface area contributed by atoms with E-state index in [2.05, 4.69) is 12.1 Å². The Morgan fingerprint density at radius 3 is 2.44 bits per heavy atom. The standard InChI is InChI=1S/C23H35N3O5S/c27-22(25-28)23(11-15-31-16-12-23)32(29,30)26-13-9-20(10-14-26)21-8-7-19(17-24-21)6-5-18-3-1-2-4-18/h7-8,17-18,20,28H,1-6,9-16H2,(H,25,27). The molecule has 3 heterocycles. The lowest BCUT2D eigenvalue weighted by Gasteiger charge is -2.40. The third-order valence-electron chi connectivity index (χ3n) is 7.69. The van der Waals surface area contributed by atoms with Crippen LogP contribution >= 0.6 is 0 Å². The van der Waals surface area contributed by atoms with Crippen molar-refractivity contribution in [1.29, 1.82) is 0 Å². The first-order valence-electron chi connectivity index (χ1n) is 11.9. The van der Waals surface area contributed by atoms with Crippen molar-refractivity contribution in [1.82, 2.24) is 14.8 Å². The molecule has 0 unspecified atom stereocenters. The molecule has 0 radical (unpaired) electrons. The second-order valence-electron chi connectivity index (χ2n) is 9.51. The fraction of sp³-hybridized carbons (Fsp3) is 0.739. The van der Waals surface area contributed by atoms with Crippen LogP contribution in [0.2, 0.25) is 0 Å². The Bertz CT molecular complexity index is 869. The summed E-state index contributed by atoms with van der Waals surface area (Å²) in [6, 6.07) is 4.26. The number of amides is 1. The lowest BCUT2D eigenvalue weighted by Crippen LogP contribution is -2.60. The number of ether oxygens (including phenoxy) is 1. The zero-order valence-corrected chi connectivity index (χ0v) is 19.5. The number of pyridine rings is 1. The molecule has 3 fully saturated rings. The Labute approximate surface area is 190 Å². The van der Waals surface area contributed by atoms with Crippen LogP contribution in [0.25, 0.3) is 0 Å². The molecule has 1 aromatic rings. The maximum Gasteiger partial charge on any atom is 0.266 e. The monoisotopic (exact) mass is 465 g/mol. The van der Waals surface area contributed by atoms with Crippen LogP contribution in [0.3, 0.4) is 0 Å². The minimum absolute atomic E-state index is 0.0472. The highest BCUT2D eigenvalue weighted by atomic mass is 32.2. The molecule has 0 aromatic carbocycles. The molecule has 2 N–H and O–H groups in total. The topological polar surface area (TPSA) is 109 Å². The van der Waals surface area contributed by atoms with Gasteiger partial charge >= 0.3 is 0 Å². The van der Waals surface area contributed by atoms with Crippen LogP contribution in [-0.2, 0) is 26.0 Å². The van der Waals surface area contributed by atoms with Gasteiger partial charge in [-0.15, -0.1) is 0 Å². The van der Waals surface area contributed by atoms with E-state index in [4.69, 9.17) is 9.72 Å². The summed E-state index contributed by atoms with van der Waals surface area (Å²) >= 11 is 0. The zero-order chi connectivity index (χ0) is 22.6. The maximum atomic E-state index is 13.4. The normalized spacial score (nSPS) is 23.3. The van der Waals surface area contributed by atoms with Crippen LogP contribution in [0, 0.1) is 5.92 Å². The predicted octanol–water partition coefficient (Wildman–Crippen LogP) is 2.77. The number of aryl methyl sites for hydroxylation is 1. The number of aromatic nitrogens is 1. The Morgan fingerprint density at radius 1 is 1.16 bits per heavy atom. The van der Waals surface area contributed by atoms with Crippen LogP contribution < -0.4 is 5.48 Å². The van der Waals surface area contributed by atoms with Crippen LogP contribution in [0.5, 0.6) is 0 Å². The molecule has 3 aliphatic rings. The van der Waals surface area contributed by atoms with E-state index in [0.29, 0.717) is 25.9 Å². The number of hydrogen-bond acceptors (Lipinski definition) is 6. The molecule has 1 aromatic heterocycles. The summed E-state index contributed by atoms with van der Waals surface area (Å²) in [6.45, 7) is 1.05. The molecule has 1 aliphatic carbocycles. The lowest BCUT2D eigenvalue weighted by molar-refractivity contribution is -0.134. The second kappa shape index (κ2) is 10.2. The highest BCUT2D eigenvalue weighted by Gasteiger charge is 2.54. The van der Waals surface area contributed by atoms with Gasteiger partial charge in [0.25, 0.3) is 5.91 Å². The lowest BCUT2D eigenvalue weighted by atomic mass is 9.93. The SMILES string of the molecule is O=C(NO)C1(S(=O)(=O)N2CCC(c3ccc(CCC4CCCC4)cn3)CC2)CCOCC1. The minimum atomic E-state index is -3.93. The number of nitrogens with zero attached hydrogens (tertiary/aromatic N) is 2. The Balaban J connectivity index is 1.36. The highest BCUT2D eigenvalue weighted by Crippen LogP contribution is 2.36. The molecule has 32 heavy (non-hydrogen) atoms. The van der Waals surface area contributed by atoms with Crippen molar-refractivity contribution in [3.63, 3.8) is 0 Å². The van der Waals surface area contributed by atoms with Gasteiger partial charge in [0.2, 0.25) is 10.0 Å². The number of piperidine rings is 1. The third kappa shape index (κ3) is 4.71. The van der Waals surface area contributed by atoms with E-state index in [0.717, 1.165) is 18.0 Å². The summed E-state index contributed by atoms with van der Waals surface area (Å²) in [5, 5.41) is 9.20. The van der Waals surface area contributed by atoms with Gasteiger partial charge in [0, 0.05) is 57.0 Å². The summed E-state index contributed by atoms with van der Waals surface area (Å²) in [5.74, 6) is 0.216. The van der Waals surface area contributed by atoms with Gasteiger partial charge in [0.1, 0.15) is 0 Å². The molecule has 4 rings (SSSR count). The van der Waals surface area contributed by atoms with Gasteiger partial charge in [-0.1, -0.05) is 31.7 Å². The molecule has 2 aliphatic heterocycles. The highest BCUT2D eigenvalue weighted by molar-refractivity contribution is 7.91. The van der Waals surface area contributed by atoms with Crippen molar-refractivity contribution < 1.29 is 23.2 Å². The van der Waals surface area contributed by atoms with Gasteiger partial charge in [-0.2, -0.15) is 0 Å². The first-order chi connectivity index (χ1) is 15.5. The van der Waals surface area contributed by atoms with Crippen molar-refractivity contribution in [3.05, 3.63) is 29.6 Å². The maximum absolute atomic E-state index is 13.4. The summed E-state index contributed by atoms with van der Waals surface area (Å²) in [4.78, 5) is 17.1.